The number of nitrogens with zero attached hydrogens (tertiary/aromatic N) is 1. The predicted molar refractivity (Wildman–Crippen MR) is 61.4 cm³/mol. The number of pyridine rings is 1. The van der Waals surface area contributed by atoms with E-state index in [2.05, 4.69) is 10.3 Å². The van der Waals surface area contributed by atoms with E-state index in [9.17, 15) is 4.79 Å². The summed E-state index contributed by atoms with van der Waals surface area (Å²) < 4.78 is 5.11. The Labute approximate surface area is 99.0 Å². The highest BCUT2D eigenvalue weighted by molar-refractivity contribution is 6.32. The van der Waals surface area contributed by atoms with Crippen molar-refractivity contribution in [3.8, 4) is 0 Å². The van der Waals surface area contributed by atoms with Crippen LogP contribution in [0.4, 0.5) is 5.69 Å². The van der Waals surface area contributed by atoms with Gasteiger partial charge in [-0.25, -0.2) is 4.98 Å². The van der Waals surface area contributed by atoms with Crippen molar-refractivity contribution in [1.82, 2.24) is 4.98 Å². The van der Waals surface area contributed by atoms with Crippen molar-refractivity contribution in [2.24, 2.45) is 5.41 Å². The molecule has 0 unspecified atom stereocenters. The van der Waals surface area contributed by atoms with Crippen LogP contribution in [-0.2, 0) is 9.53 Å². The number of carbonyl (C=O) groups excluding carboxylic acids is 1. The van der Waals surface area contributed by atoms with Gasteiger partial charge in [0.05, 0.1) is 24.3 Å². The van der Waals surface area contributed by atoms with Crippen LogP contribution in [0.25, 0.3) is 0 Å². The maximum Gasteiger partial charge on any atom is 0.235 e. The van der Waals surface area contributed by atoms with Crippen molar-refractivity contribution >= 4 is 23.2 Å². The number of hydrogen-bond acceptors (Lipinski definition) is 3. The molecular weight excluding hydrogens is 228 g/mol. The monoisotopic (exact) mass is 240 g/mol. The van der Waals surface area contributed by atoms with E-state index in [1.807, 2.05) is 6.92 Å². The van der Waals surface area contributed by atoms with E-state index >= 15 is 0 Å². The Bertz CT molecular complexity index is 399. The molecule has 0 aliphatic carbocycles. The average Bonchev–Trinajstić information content (AvgIpc) is 2.21. The molecule has 0 aromatic carbocycles. The minimum absolute atomic E-state index is 0.0452. The van der Waals surface area contributed by atoms with Crippen LogP contribution in [0.3, 0.4) is 0 Å². The first-order valence-corrected chi connectivity index (χ1v) is 5.55. The molecule has 0 radical (unpaired) electrons. The van der Waals surface area contributed by atoms with Crippen molar-refractivity contribution in [3.63, 3.8) is 0 Å². The zero-order valence-corrected chi connectivity index (χ0v) is 9.75. The Morgan fingerprint density at radius 3 is 2.94 bits per heavy atom. The third kappa shape index (κ3) is 1.90. The summed E-state index contributed by atoms with van der Waals surface area (Å²) in [7, 11) is 0. The van der Waals surface area contributed by atoms with Gasteiger partial charge in [0.1, 0.15) is 0 Å². The summed E-state index contributed by atoms with van der Waals surface area (Å²) in [6, 6.07) is 3.47. The second kappa shape index (κ2) is 4.39. The molecule has 2 heterocycles. The number of amides is 1. The standard InChI is InChI=1S/C11H13ClN2O2/c1-2-11(6-16-7-11)10(15)14-8-4-3-5-13-9(8)12/h3-5H,2,6-7H2,1H3,(H,14,15). The van der Waals surface area contributed by atoms with Gasteiger partial charge >= 0.3 is 0 Å². The molecule has 86 valence electrons. The molecule has 1 amide bonds. The van der Waals surface area contributed by atoms with Gasteiger partial charge in [-0.1, -0.05) is 18.5 Å². The third-order valence-corrected chi connectivity index (χ3v) is 3.22. The summed E-state index contributed by atoms with van der Waals surface area (Å²) in [6.07, 6.45) is 2.34. The molecule has 0 atom stereocenters. The lowest BCUT2D eigenvalue weighted by molar-refractivity contribution is -0.156. The molecule has 1 fully saturated rings. The van der Waals surface area contributed by atoms with Gasteiger partial charge in [-0.15, -0.1) is 0 Å². The number of hydrogen-bond donors (Lipinski definition) is 1. The number of carbonyl (C=O) groups is 1. The van der Waals surface area contributed by atoms with Gasteiger partial charge in [-0.2, -0.15) is 0 Å². The summed E-state index contributed by atoms with van der Waals surface area (Å²) in [5.41, 5.74) is 0.160. The highest BCUT2D eigenvalue weighted by Gasteiger charge is 2.44. The summed E-state index contributed by atoms with van der Waals surface area (Å²) in [6.45, 7) is 2.94. The average molecular weight is 241 g/mol. The van der Waals surface area contributed by atoms with Crippen LogP contribution in [0.1, 0.15) is 13.3 Å². The van der Waals surface area contributed by atoms with Crippen LogP contribution in [0.15, 0.2) is 18.3 Å². The fraction of sp³-hybridized carbons (Fsp3) is 0.455. The van der Waals surface area contributed by atoms with E-state index in [1.165, 1.54) is 0 Å². The molecule has 4 nitrogen and oxygen atoms in total. The van der Waals surface area contributed by atoms with Crippen molar-refractivity contribution in [3.05, 3.63) is 23.5 Å². The number of rotatable bonds is 3. The zero-order valence-electron chi connectivity index (χ0n) is 9.00. The molecular formula is C11H13ClN2O2. The van der Waals surface area contributed by atoms with Crippen molar-refractivity contribution in [2.75, 3.05) is 18.5 Å². The maximum absolute atomic E-state index is 12.0. The van der Waals surface area contributed by atoms with Crippen LogP contribution in [0, 0.1) is 5.41 Å². The van der Waals surface area contributed by atoms with Crippen LogP contribution in [-0.4, -0.2) is 24.1 Å². The molecule has 0 saturated carbocycles. The highest BCUT2D eigenvalue weighted by Crippen LogP contribution is 2.33. The molecule has 5 heteroatoms. The first-order valence-electron chi connectivity index (χ1n) is 5.18. The fourth-order valence-corrected chi connectivity index (χ4v) is 1.74. The summed E-state index contributed by atoms with van der Waals surface area (Å²) in [5.74, 6) is -0.0452. The highest BCUT2D eigenvalue weighted by atomic mass is 35.5. The van der Waals surface area contributed by atoms with E-state index in [1.54, 1.807) is 18.3 Å². The molecule has 0 bridgehead atoms. The van der Waals surface area contributed by atoms with Crippen LogP contribution in [0.2, 0.25) is 5.15 Å². The molecule has 1 aliphatic heterocycles. The second-order valence-corrected chi connectivity index (χ2v) is 4.28. The predicted octanol–water partition coefficient (Wildman–Crippen LogP) is 2.10. The number of nitrogens with one attached hydrogen (secondary N) is 1. The molecule has 16 heavy (non-hydrogen) atoms. The molecule has 1 N–H and O–H groups in total. The largest absolute Gasteiger partial charge is 0.379 e. The van der Waals surface area contributed by atoms with Crippen LogP contribution < -0.4 is 5.32 Å². The quantitative estimate of drug-likeness (QED) is 0.824. The molecule has 1 aromatic rings. The fourth-order valence-electron chi connectivity index (χ4n) is 1.58. The van der Waals surface area contributed by atoms with Crippen molar-refractivity contribution < 1.29 is 9.53 Å². The van der Waals surface area contributed by atoms with E-state index in [0.717, 1.165) is 6.42 Å². The second-order valence-electron chi connectivity index (χ2n) is 3.92. The minimum Gasteiger partial charge on any atom is -0.379 e. The Balaban J connectivity index is 2.10. The van der Waals surface area contributed by atoms with Gasteiger partial charge in [0.2, 0.25) is 5.91 Å². The Kier molecular flexibility index (Phi) is 3.12. The maximum atomic E-state index is 12.0. The molecule has 1 aliphatic rings. The lowest BCUT2D eigenvalue weighted by Crippen LogP contribution is -2.51. The van der Waals surface area contributed by atoms with Gasteiger partial charge in [0.25, 0.3) is 0 Å². The SMILES string of the molecule is CCC1(C(=O)Nc2cccnc2Cl)COC1. The van der Waals surface area contributed by atoms with Gasteiger partial charge in [0.15, 0.2) is 5.15 Å². The Hall–Kier alpha value is -1.13. The zero-order chi connectivity index (χ0) is 11.6. The topological polar surface area (TPSA) is 51.2 Å². The van der Waals surface area contributed by atoms with E-state index in [-0.39, 0.29) is 11.3 Å². The van der Waals surface area contributed by atoms with E-state index < -0.39 is 0 Å². The Morgan fingerprint density at radius 2 is 2.44 bits per heavy atom. The lowest BCUT2D eigenvalue weighted by Gasteiger charge is -2.38. The number of halogens is 1. The first-order chi connectivity index (χ1) is 7.68. The summed E-state index contributed by atoms with van der Waals surface area (Å²) in [4.78, 5) is 15.9. The Morgan fingerprint density at radius 1 is 1.69 bits per heavy atom. The van der Waals surface area contributed by atoms with E-state index in [0.29, 0.717) is 24.1 Å². The number of anilines is 1. The van der Waals surface area contributed by atoms with E-state index in [4.69, 9.17) is 16.3 Å². The normalized spacial score (nSPS) is 17.6. The van der Waals surface area contributed by atoms with Gasteiger partial charge in [-0.05, 0) is 18.6 Å². The number of aromatic nitrogens is 1. The van der Waals surface area contributed by atoms with Gasteiger partial charge in [0, 0.05) is 6.20 Å². The van der Waals surface area contributed by atoms with Crippen molar-refractivity contribution in [2.45, 2.75) is 13.3 Å². The van der Waals surface area contributed by atoms with Gasteiger partial charge in [-0.3, -0.25) is 4.79 Å². The minimum atomic E-state index is -0.390. The van der Waals surface area contributed by atoms with Crippen LogP contribution in [0.5, 0.6) is 0 Å². The first kappa shape index (κ1) is 11.4. The molecule has 1 aromatic heterocycles. The smallest absolute Gasteiger partial charge is 0.235 e. The molecule has 0 spiro atoms. The summed E-state index contributed by atoms with van der Waals surface area (Å²) >= 11 is 5.87. The number of ether oxygens (including phenoxy) is 1. The van der Waals surface area contributed by atoms with Crippen molar-refractivity contribution in [1.29, 1.82) is 0 Å². The molecule has 2 rings (SSSR count). The van der Waals surface area contributed by atoms with Crippen LogP contribution >= 0.6 is 11.6 Å². The summed E-state index contributed by atoms with van der Waals surface area (Å²) in [5, 5.41) is 3.10. The van der Waals surface area contributed by atoms with Gasteiger partial charge < -0.3 is 10.1 Å². The molecule has 1 saturated heterocycles. The lowest BCUT2D eigenvalue weighted by atomic mass is 9.82. The third-order valence-electron chi connectivity index (χ3n) is 2.92.